The number of ether oxygens (including phenoxy) is 8. The Kier molecular flexibility index (Phi) is 18.7. The summed E-state index contributed by atoms with van der Waals surface area (Å²) in [4.78, 5) is 0. The van der Waals surface area contributed by atoms with Gasteiger partial charge in [-0.15, -0.1) is 0 Å². The monoisotopic (exact) mass is 1100 g/mol. The highest BCUT2D eigenvalue weighted by Gasteiger charge is 2.66. The number of fused-ring (bicyclic) bond motifs is 5. The highest BCUT2D eigenvalue weighted by molar-refractivity contribution is 5.35. The molecule has 0 aromatic rings. The average molecular weight is 1110 g/mol. The third kappa shape index (κ3) is 10.9. The second-order valence-electron chi connectivity index (χ2n) is 25.5. The van der Waals surface area contributed by atoms with E-state index in [0.29, 0.717) is 19.3 Å². The van der Waals surface area contributed by atoms with E-state index in [9.17, 15) is 71.5 Å². The first-order chi connectivity index (χ1) is 36.0. The fourth-order valence-corrected chi connectivity index (χ4v) is 15.2. The Bertz CT molecular complexity index is 2030. The average Bonchev–Trinajstić information content (AvgIpc) is 3.75. The molecule has 0 radical (unpaired) electrons. The second-order valence-corrected chi connectivity index (χ2v) is 25.5. The van der Waals surface area contributed by atoms with E-state index in [0.717, 1.165) is 25.7 Å². The first kappa shape index (κ1) is 61.7. The van der Waals surface area contributed by atoms with Crippen molar-refractivity contribution >= 4 is 0 Å². The summed E-state index contributed by atoms with van der Waals surface area (Å²) in [5.74, 6) is 0.839. The zero-order chi connectivity index (χ0) is 56.6. The van der Waals surface area contributed by atoms with Gasteiger partial charge in [0.15, 0.2) is 25.2 Å². The van der Waals surface area contributed by atoms with Gasteiger partial charge in [-0.1, -0.05) is 72.3 Å². The maximum Gasteiger partial charge on any atom is 0.187 e. The summed E-state index contributed by atoms with van der Waals surface area (Å²) in [6.07, 6.45) is -19.0. The molecule has 22 nitrogen and oxygen atoms in total. The van der Waals surface area contributed by atoms with Gasteiger partial charge in [-0.2, -0.15) is 0 Å². The minimum absolute atomic E-state index is 0.103. The smallest absolute Gasteiger partial charge is 0.187 e. The number of allylic oxidation sites excluding steroid dienone is 3. The molecule has 14 N–H and O–H groups in total. The third-order valence-electron chi connectivity index (χ3n) is 20.4. The lowest BCUT2D eigenvalue weighted by atomic mass is 9.41. The highest BCUT2D eigenvalue weighted by atomic mass is 16.8. The Morgan fingerprint density at radius 3 is 1.69 bits per heavy atom. The van der Waals surface area contributed by atoms with Crippen LogP contribution < -0.4 is 0 Å². The van der Waals surface area contributed by atoms with Crippen LogP contribution in [-0.4, -0.2) is 232 Å². The number of hydrogen-bond acceptors (Lipinski definition) is 22. The van der Waals surface area contributed by atoms with Crippen LogP contribution in [-0.2, 0) is 37.9 Å². The molecule has 4 aliphatic heterocycles. The number of hydrogen-bond donors (Lipinski definition) is 14. The zero-order valence-electron chi connectivity index (χ0n) is 46.0. The van der Waals surface area contributed by atoms with E-state index >= 15 is 0 Å². The van der Waals surface area contributed by atoms with Crippen LogP contribution in [0.25, 0.3) is 0 Å². The van der Waals surface area contributed by atoms with Gasteiger partial charge in [-0.05, 0) is 105 Å². The molecule has 29 atom stereocenters. The summed E-state index contributed by atoms with van der Waals surface area (Å²) in [6.45, 7) is 16.5. The van der Waals surface area contributed by atoms with Gasteiger partial charge >= 0.3 is 0 Å². The van der Waals surface area contributed by atoms with Gasteiger partial charge in [0.25, 0.3) is 0 Å². The molecule has 4 saturated heterocycles. The Hall–Kier alpha value is -1.40. The molecule has 0 aromatic heterocycles. The molecular formula is C55H92O22. The van der Waals surface area contributed by atoms with Crippen LogP contribution in [0.3, 0.4) is 0 Å². The topological polar surface area (TPSA) is 357 Å². The number of rotatable bonds is 17. The van der Waals surface area contributed by atoms with Crippen LogP contribution in [0.4, 0.5) is 0 Å². The molecule has 2 saturated carbocycles. The summed E-state index contributed by atoms with van der Waals surface area (Å²) >= 11 is 0. The van der Waals surface area contributed by atoms with Crippen molar-refractivity contribution < 1.29 is 109 Å². The van der Waals surface area contributed by atoms with E-state index in [4.69, 9.17) is 37.9 Å². The lowest BCUT2D eigenvalue weighted by Crippen LogP contribution is -2.65. The molecule has 4 heterocycles. The molecule has 4 unspecified atom stereocenters. The van der Waals surface area contributed by atoms with Gasteiger partial charge in [-0.25, -0.2) is 0 Å². The van der Waals surface area contributed by atoms with Crippen LogP contribution in [0.5, 0.6) is 0 Å². The highest BCUT2D eigenvalue weighted by Crippen LogP contribution is 2.73. The Labute approximate surface area is 451 Å². The summed E-state index contributed by atoms with van der Waals surface area (Å²) < 4.78 is 48.2. The van der Waals surface area contributed by atoms with Crippen LogP contribution in [0, 0.1) is 45.3 Å². The van der Waals surface area contributed by atoms with E-state index in [2.05, 4.69) is 59.8 Å². The lowest BCUT2D eigenvalue weighted by molar-refractivity contribution is -0.374. The molecule has 22 heteroatoms. The van der Waals surface area contributed by atoms with E-state index in [-0.39, 0.29) is 46.3 Å². The summed E-state index contributed by atoms with van der Waals surface area (Å²) in [5.41, 5.74) is -1.29. The van der Waals surface area contributed by atoms with Gasteiger partial charge in [0, 0.05) is 5.41 Å². The largest absolute Gasteiger partial charge is 0.394 e. The molecular weight excluding hydrogens is 1010 g/mol. The second kappa shape index (κ2) is 23.3. The molecule has 4 aliphatic carbocycles. The van der Waals surface area contributed by atoms with Crippen molar-refractivity contribution in [3.05, 3.63) is 23.8 Å². The van der Waals surface area contributed by atoms with Crippen molar-refractivity contribution in [2.45, 2.75) is 254 Å². The number of aliphatic hydroxyl groups is 14. The first-order valence-electron chi connectivity index (χ1n) is 28.0. The fourth-order valence-electron chi connectivity index (χ4n) is 15.2. The third-order valence-corrected chi connectivity index (χ3v) is 20.4. The number of aliphatic hydroxyl groups excluding tert-OH is 13. The zero-order valence-corrected chi connectivity index (χ0v) is 46.0. The maximum atomic E-state index is 11.6. The van der Waals surface area contributed by atoms with E-state index in [1.165, 1.54) is 5.57 Å². The molecule has 444 valence electrons. The van der Waals surface area contributed by atoms with Crippen molar-refractivity contribution in [2.75, 3.05) is 19.8 Å². The normalized spacial score (nSPS) is 50.8. The van der Waals surface area contributed by atoms with Crippen molar-refractivity contribution in [3.63, 3.8) is 0 Å². The molecule has 0 spiro atoms. The van der Waals surface area contributed by atoms with Crippen LogP contribution in [0.2, 0.25) is 0 Å². The summed E-state index contributed by atoms with van der Waals surface area (Å²) in [5, 5.41) is 150. The van der Waals surface area contributed by atoms with E-state index in [1.807, 2.05) is 0 Å². The SMILES string of the molecule is CC[C@@H]1OC(O[C@H]2[C@H](O[C@H](CC[C@@H](C)C3CC[C@@]4(C)C5CC=C6C(CC[C@H](O[C@@H]7O[C@H](CO)[C@@H](O[C@@H]8O[C@H](CO)[C@@H](O)[C@H](O)[C@H]8O)[C@H](O)[C@H]7O)C6(C)C)[C@]5(C)C=C[C@]34C)C(C)(C)O)O[C@H](CO)[C@@H](O)[C@@H]2O)[C@@H](O)[C@H](O)[C@H]1O. The predicted octanol–water partition coefficient (Wildman–Crippen LogP) is -1.01. The van der Waals surface area contributed by atoms with Crippen molar-refractivity contribution in [2.24, 2.45) is 45.3 Å². The molecule has 8 rings (SSSR count). The molecule has 0 amide bonds. The summed E-state index contributed by atoms with van der Waals surface area (Å²) in [6, 6.07) is 0. The lowest BCUT2D eigenvalue weighted by Gasteiger charge is -2.63. The van der Waals surface area contributed by atoms with Crippen molar-refractivity contribution in [1.29, 1.82) is 0 Å². The van der Waals surface area contributed by atoms with Crippen molar-refractivity contribution in [1.82, 2.24) is 0 Å². The summed E-state index contributed by atoms with van der Waals surface area (Å²) in [7, 11) is 0. The van der Waals surface area contributed by atoms with E-state index < -0.39 is 166 Å². The Balaban J connectivity index is 0.931. The Morgan fingerprint density at radius 1 is 0.597 bits per heavy atom. The van der Waals surface area contributed by atoms with Gasteiger partial charge < -0.3 is 109 Å². The Morgan fingerprint density at radius 2 is 1.10 bits per heavy atom. The fraction of sp³-hybridized carbons (Fsp3) is 0.927. The predicted molar refractivity (Wildman–Crippen MR) is 269 cm³/mol. The van der Waals surface area contributed by atoms with Gasteiger partial charge in [0.1, 0.15) is 91.6 Å². The molecule has 8 aliphatic rings. The molecule has 0 bridgehead atoms. The molecule has 6 fully saturated rings. The minimum atomic E-state index is -1.78. The van der Waals surface area contributed by atoms with Gasteiger partial charge in [-0.3, -0.25) is 0 Å². The molecule has 0 aromatic carbocycles. The van der Waals surface area contributed by atoms with Gasteiger partial charge in [0.05, 0.1) is 43.7 Å². The van der Waals surface area contributed by atoms with E-state index in [1.54, 1.807) is 20.8 Å². The van der Waals surface area contributed by atoms with Crippen LogP contribution in [0.15, 0.2) is 23.8 Å². The maximum absolute atomic E-state index is 11.6. The quantitative estimate of drug-likeness (QED) is 0.0776. The van der Waals surface area contributed by atoms with Crippen LogP contribution >= 0.6 is 0 Å². The first-order valence-corrected chi connectivity index (χ1v) is 28.0. The standard InChI is InChI=1S/C55H92O22/c1-10-28-35(59)38(62)42(66)48(70-28)77-46-40(64)37(61)30(22-57)72-50(46)75-34(52(5,6)69)15-11-24(2)25-17-18-55(9)32-14-12-26-27(53(32,7)19-20-54(25,55)8)13-16-33(51(26,3)4)74-47-44(68)41(65)45(31(23-58)73-47)76-49-43(67)39(63)36(60)29(21-56)71-49/h12,19-20,24-25,27-50,56-69H,10-11,13-18,21-23H2,1-9H3/t24-,25?,27?,28+,29-,30-,31-,32?,33+,34-,35+,36-,37-,38-,39+,40+,41-,42+,43-,44-,45-,46-,47+,48?,49+,50+,53+,54-,55+/m1/s1. The van der Waals surface area contributed by atoms with Crippen molar-refractivity contribution in [3.8, 4) is 0 Å². The minimum Gasteiger partial charge on any atom is -0.394 e. The molecule has 77 heavy (non-hydrogen) atoms. The van der Waals surface area contributed by atoms with Crippen LogP contribution in [0.1, 0.15) is 114 Å². The van der Waals surface area contributed by atoms with Gasteiger partial charge in [0.2, 0.25) is 0 Å².